The Balaban J connectivity index is 1.13. The molecule has 0 spiro atoms. The fourth-order valence-electron chi connectivity index (χ4n) is 7.17. The number of fused-ring (bicyclic) bond motifs is 1. The van der Waals surface area contributed by atoms with Crippen molar-refractivity contribution in [2.45, 2.75) is 57.3 Å². The van der Waals surface area contributed by atoms with Crippen molar-refractivity contribution in [1.82, 2.24) is 25.8 Å². The minimum atomic E-state index is 0.102. The number of rotatable bonds is 10. The van der Waals surface area contributed by atoms with Crippen molar-refractivity contribution >= 4 is 46.6 Å². The number of aromatic nitrogens is 1. The Labute approximate surface area is 301 Å². The minimum absolute atomic E-state index is 0.102. The van der Waals surface area contributed by atoms with Gasteiger partial charge in [0.15, 0.2) is 0 Å². The third-order valence-corrected chi connectivity index (χ3v) is 11.0. The Morgan fingerprint density at radius 3 is 2.08 bits per heavy atom. The summed E-state index contributed by atoms with van der Waals surface area (Å²) in [6.07, 6.45) is 3.79. The molecule has 0 unspecified atom stereocenters. The molecule has 4 aromatic rings. The van der Waals surface area contributed by atoms with E-state index in [1.165, 1.54) is 5.56 Å². The number of benzene rings is 3. The topological polar surface area (TPSA) is 95.6 Å². The Morgan fingerprint density at radius 1 is 0.796 bits per heavy atom. The summed E-state index contributed by atoms with van der Waals surface area (Å²) in [5.41, 5.74) is 8.01. The second-order valence-electron chi connectivity index (χ2n) is 13.0. The zero-order valence-electron chi connectivity index (χ0n) is 27.3. The van der Waals surface area contributed by atoms with Crippen LogP contribution in [0.4, 0.5) is 0 Å². The Morgan fingerprint density at radius 2 is 1.43 bits per heavy atom. The molecular weight excluding hydrogens is 681 g/mol. The zero-order valence-corrected chi connectivity index (χ0v) is 29.5. The molecule has 2 saturated heterocycles. The van der Waals surface area contributed by atoms with Gasteiger partial charge in [0.2, 0.25) is 17.7 Å². The number of halogens is 3. The number of amides is 2. The van der Waals surface area contributed by atoms with Crippen LogP contribution in [0.3, 0.4) is 0 Å². The first-order valence-electron chi connectivity index (χ1n) is 16.7. The molecule has 0 bridgehead atoms. The fourth-order valence-corrected chi connectivity index (χ4v) is 8.17. The van der Waals surface area contributed by atoms with Crippen LogP contribution in [0.5, 0.6) is 5.88 Å². The lowest BCUT2D eigenvalue weighted by Crippen LogP contribution is -2.41. The molecule has 11 heteroatoms. The van der Waals surface area contributed by atoms with Crippen LogP contribution < -0.4 is 20.7 Å². The van der Waals surface area contributed by atoms with Gasteiger partial charge in [0, 0.05) is 91.0 Å². The van der Waals surface area contributed by atoms with E-state index in [-0.39, 0.29) is 23.9 Å². The highest BCUT2D eigenvalue weighted by Gasteiger charge is 2.27. The van der Waals surface area contributed by atoms with Gasteiger partial charge in [-0.2, -0.15) is 0 Å². The normalized spacial score (nSPS) is 19.1. The summed E-state index contributed by atoms with van der Waals surface area (Å²) < 4.78 is 5.66. The van der Waals surface area contributed by atoms with Crippen LogP contribution >= 0.6 is 34.8 Å². The Hall–Kier alpha value is -3.66. The van der Waals surface area contributed by atoms with Gasteiger partial charge in [-0.25, -0.2) is 4.98 Å². The number of ether oxygens (including phenoxy) is 1. The van der Waals surface area contributed by atoms with Crippen molar-refractivity contribution in [3.8, 4) is 39.4 Å². The SMILES string of the molecule is COc1nc(-c2cccc(-c3cccc(-c4ccc5c(c4Cl)CN(C[C@H]4CCC(=O)N4)CC5)c3Cl)c2Cl)ccc1CNC[C@H]1CCC(=O)N1. The van der Waals surface area contributed by atoms with Crippen molar-refractivity contribution in [3.63, 3.8) is 0 Å². The van der Waals surface area contributed by atoms with Crippen LogP contribution in [0.2, 0.25) is 15.1 Å². The van der Waals surface area contributed by atoms with E-state index in [1.807, 2.05) is 48.5 Å². The van der Waals surface area contributed by atoms with Crippen LogP contribution in [0, 0.1) is 0 Å². The fraction of sp³-hybridized carbons (Fsp3) is 0.342. The van der Waals surface area contributed by atoms with E-state index in [0.717, 1.165) is 77.8 Å². The van der Waals surface area contributed by atoms with Gasteiger partial charge < -0.3 is 20.7 Å². The number of carbonyl (C=O) groups is 2. The average Bonchev–Trinajstić information content (AvgIpc) is 3.72. The largest absolute Gasteiger partial charge is 0.481 e. The van der Waals surface area contributed by atoms with Crippen molar-refractivity contribution in [1.29, 1.82) is 0 Å². The molecular formula is C38H38Cl3N5O3. The van der Waals surface area contributed by atoms with E-state index in [0.29, 0.717) is 52.6 Å². The molecule has 49 heavy (non-hydrogen) atoms. The summed E-state index contributed by atoms with van der Waals surface area (Å²) in [6.45, 7) is 3.71. The molecule has 8 nitrogen and oxygen atoms in total. The van der Waals surface area contributed by atoms with E-state index in [9.17, 15) is 9.59 Å². The molecule has 0 radical (unpaired) electrons. The molecule has 3 aliphatic rings. The van der Waals surface area contributed by atoms with E-state index < -0.39 is 0 Å². The summed E-state index contributed by atoms with van der Waals surface area (Å²) in [5, 5.41) is 11.3. The Bertz CT molecular complexity index is 1920. The minimum Gasteiger partial charge on any atom is -0.481 e. The average molecular weight is 719 g/mol. The molecule has 254 valence electrons. The van der Waals surface area contributed by atoms with Gasteiger partial charge in [0.05, 0.1) is 27.9 Å². The number of hydrogen-bond acceptors (Lipinski definition) is 6. The van der Waals surface area contributed by atoms with Crippen molar-refractivity contribution in [3.05, 3.63) is 92.4 Å². The summed E-state index contributed by atoms with van der Waals surface area (Å²) >= 11 is 21.5. The molecule has 2 atom stereocenters. The molecule has 3 aromatic carbocycles. The molecule has 4 heterocycles. The van der Waals surface area contributed by atoms with E-state index in [1.54, 1.807) is 7.11 Å². The standard InChI is InChI=1S/C38H38Cl3N5O3/c1-49-38-23(18-42-19-24-10-14-33(47)43-24)9-13-32(45-38)30-7-3-6-27(36(30)40)26-4-2-5-28(35(26)39)29-12-8-22-16-17-46(21-31(22)37(29)41)20-25-11-15-34(48)44-25/h2-9,12-13,24-25,42H,10-11,14-21H2,1H3,(H,43,47)(H,44,48)/t24-,25-/m1/s1. The summed E-state index contributed by atoms with van der Waals surface area (Å²) in [4.78, 5) is 30.5. The molecule has 3 N–H and O–H groups in total. The number of carbonyl (C=O) groups excluding carboxylic acids is 2. The smallest absolute Gasteiger partial charge is 0.220 e. The van der Waals surface area contributed by atoms with Crippen LogP contribution in [-0.4, -0.2) is 60.5 Å². The third kappa shape index (κ3) is 7.16. The van der Waals surface area contributed by atoms with Crippen LogP contribution in [0.15, 0.2) is 60.7 Å². The summed E-state index contributed by atoms with van der Waals surface area (Å²) in [7, 11) is 1.61. The lowest BCUT2D eigenvalue weighted by Gasteiger charge is -2.32. The summed E-state index contributed by atoms with van der Waals surface area (Å²) in [6, 6.07) is 20.3. The molecule has 7 rings (SSSR count). The van der Waals surface area contributed by atoms with Crippen LogP contribution in [0.1, 0.15) is 42.4 Å². The van der Waals surface area contributed by atoms with Gasteiger partial charge in [0.1, 0.15) is 0 Å². The van der Waals surface area contributed by atoms with E-state index >= 15 is 0 Å². The van der Waals surface area contributed by atoms with Gasteiger partial charge in [-0.05, 0) is 36.5 Å². The predicted molar refractivity (Wildman–Crippen MR) is 195 cm³/mol. The van der Waals surface area contributed by atoms with Crippen molar-refractivity contribution in [2.75, 3.05) is 26.7 Å². The maximum absolute atomic E-state index is 11.7. The van der Waals surface area contributed by atoms with Crippen molar-refractivity contribution < 1.29 is 14.3 Å². The van der Waals surface area contributed by atoms with Gasteiger partial charge >= 0.3 is 0 Å². The third-order valence-electron chi connectivity index (χ3n) is 9.76. The second kappa shape index (κ2) is 14.7. The number of pyridine rings is 1. The lowest BCUT2D eigenvalue weighted by atomic mass is 9.92. The quantitative estimate of drug-likeness (QED) is 0.163. The van der Waals surface area contributed by atoms with Gasteiger partial charge in [-0.15, -0.1) is 0 Å². The maximum atomic E-state index is 11.7. The first kappa shape index (κ1) is 33.8. The number of nitrogens with one attached hydrogen (secondary N) is 3. The zero-order chi connectivity index (χ0) is 34.1. The van der Waals surface area contributed by atoms with Crippen LogP contribution in [-0.2, 0) is 29.1 Å². The molecule has 1 aromatic heterocycles. The first-order valence-corrected chi connectivity index (χ1v) is 17.9. The highest BCUT2D eigenvalue weighted by atomic mass is 35.5. The second-order valence-corrected chi connectivity index (χ2v) is 14.1. The van der Waals surface area contributed by atoms with Gasteiger partial charge in [0.25, 0.3) is 0 Å². The number of methoxy groups -OCH3 is 1. The summed E-state index contributed by atoms with van der Waals surface area (Å²) in [5.74, 6) is 0.745. The van der Waals surface area contributed by atoms with Crippen LogP contribution in [0.25, 0.3) is 33.5 Å². The predicted octanol–water partition coefficient (Wildman–Crippen LogP) is 7.06. The highest BCUT2D eigenvalue weighted by Crippen LogP contribution is 2.45. The Kier molecular flexibility index (Phi) is 10.1. The highest BCUT2D eigenvalue weighted by molar-refractivity contribution is 6.40. The van der Waals surface area contributed by atoms with E-state index in [4.69, 9.17) is 44.5 Å². The number of hydrogen-bond donors (Lipinski definition) is 3. The molecule has 3 aliphatic heterocycles. The lowest BCUT2D eigenvalue weighted by molar-refractivity contribution is -0.120. The molecule has 0 saturated carbocycles. The van der Waals surface area contributed by atoms with Gasteiger partial charge in [-0.3, -0.25) is 14.5 Å². The molecule has 2 fully saturated rings. The number of nitrogens with zero attached hydrogens (tertiary/aromatic N) is 2. The molecule has 0 aliphatic carbocycles. The first-order chi connectivity index (χ1) is 23.8. The molecule has 2 amide bonds. The van der Waals surface area contributed by atoms with Crippen molar-refractivity contribution in [2.24, 2.45) is 0 Å². The van der Waals surface area contributed by atoms with Gasteiger partial charge in [-0.1, -0.05) is 89.4 Å². The monoisotopic (exact) mass is 717 g/mol. The maximum Gasteiger partial charge on any atom is 0.220 e. The van der Waals surface area contributed by atoms with E-state index in [2.05, 4.69) is 33.0 Å².